The zero-order valence-electron chi connectivity index (χ0n) is 10.7. The van der Waals surface area contributed by atoms with E-state index in [0.717, 1.165) is 0 Å². The van der Waals surface area contributed by atoms with Gasteiger partial charge in [-0.2, -0.15) is 5.10 Å². The predicted octanol–water partition coefficient (Wildman–Crippen LogP) is 1.14. The third-order valence-electron chi connectivity index (χ3n) is 2.87. The fourth-order valence-corrected chi connectivity index (χ4v) is 1.70. The van der Waals surface area contributed by atoms with Crippen LogP contribution in [0.25, 0.3) is 0 Å². The number of nitro benzene ring substituents is 1. The van der Waals surface area contributed by atoms with Crippen molar-refractivity contribution < 1.29 is 9.72 Å². The van der Waals surface area contributed by atoms with Gasteiger partial charge in [-0.15, -0.1) is 0 Å². The molecule has 0 aliphatic rings. The van der Waals surface area contributed by atoms with Crippen molar-refractivity contribution in [3.8, 4) is 0 Å². The SMILES string of the molecule is Cc1ccc([N+](=O)[O-])cc1C(=O)NCc1cn[nH]c1N. The minimum atomic E-state index is -0.537. The fraction of sp³-hybridized carbons (Fsp3) is 0.167. The Morgan fingerprint density at radius 3 is 2.90 bits per heavy atom. The van der Waals surface area contributed by atoms with Crippen molar-refractivity contribution in [2.45, 2.75) is 13.5 Å². The molecule has 2 rings (SSSR count). The molecule has 0 unspecified atom stereocenters. The summed E-state index contributed by atoms with van der Waals surface area (Å²) in [6.07, 6.45) is 1.51. The van der Waals surface area contributed by atoms with E-state index in [9.17, 15) is 14.9 Å². The monoisotopic (exact) mass is 275 g/mol. The van der Waals surface area contributed by atoms with E-state index in [0.29, 0.717) is 16.9 Å². The standard InChI is InChI=1S/C12H13N5O3/c1-7-2-3-9(17(19)20)4-10(7)12(18)14-5-8-6-15-16-11(8)13/h2-4,6H,5H2,1H3,(H,14,18)(H3,13,15,16). The Labute approximate surface area is 114 Å². The Bertz CT molecular complexity index is 665. The van der Waals surface area contributed by atoms with Gasteiger partial charge in [0.25, 0.3) is 11.6 Å². The quantitative estimate of drug-likeness (QED) is 0.569. The lowest BCUT2D eigenvalue weighted by Gasteiger charge is -2.07. The van der Waals surface area contributed by atoms with E-state index < -0.39 is 10.8 Å². The molecule has 0 saturated carbocycles. The zero-order valence-corrected chi connectivity index (χ0v) is 10.7. The maximum absolute atomic E-state index is 12.0. The molecule has 0 aliphatic heterocycles. The van der Waals surface area contributed by atoms with Gasteiger partial charge in [0.15, 0.2) is 0 Å². The van der Waals surface area contributed by atoms with Gasteiger partial charge in [0.1, 0.15) is 5.82 Å². The third-order valence-corrected chi connectivity index (χ3v) is 2.87. The molecule has 1 amide bonds. The number of aryl methyl sites for hydroxylation is 1. The van der Waals surface area contributed by atoms with Gasteiger partial charge in [0.2, 0.25) is 0 Å². The highest BCUT2D eigenvalue weighted by atomic mass is 16.6. The summed E-state index contributed by atoms with van der Waals surface area (Å²) in [6.45, 7) is 1.91. The number of nitro groups is 1. The van der Waals surface area contributed by atoms with Crippen molar-refractivity contribution in [3.05, 3.63) is 51.2 Å². The van der Waals surface area contributed by atoms with Gasteiger partial charge in [0, 0.05) is 29.8 Å². The first-order valence-electron chi connectivity index (χ1n) is 5.80. The number of anilines is 1. The summed E-state index contributed by atoms with van der Waals surface area (Å²) in [5.74, 6) is -0.0205. The largest absolute Gasteiger partial charge is 0.384 e. The molecule has 0 fully saturated rings. The number of nitrogens with one attached hydrogen (secondary N) is 2. The summed E-state index contributed by atoms with van der Waals surface area (Å²) in [7, 11) is 0. The Morgan fingerprint density at radius 1 is 1.55 bits per heavy atom. The fourth-order valence-electron chi connectivity index (χ4n) is 1.70. The number of amides is 1. The van der Waals surface area contributed by atoms with Crippen LogP contribution in [0.4, 0.5) is 11.5 Å². The van der Waals surface area contributed by atoms with Gasteiger partial charge in [-0.1, -0.05) is 6.07 Å². The number of non-ortho nitro benzene ring substituents is 1. The van der Waals surface area contributed by atoms with Crippen molar-refractivity contribution >= 4 is 17.4 Å². The van der Waals surface area contributed by atoms with Gasteiger partial charge in [-0.3, -0.25) is 20.0 Å². The number of carbonyl (C=O) groups excluding carboxylic acids is 1. The van der Waals surface area contributed by atoms with Crippen LogP contribution in [0.2, 0.25) is 0 Å². The van der Waals surface area contributed by atoms with Gasteiger partial charge >= 0.3 is 0 Å². The Kier molecular flexibility index (Phi) is 3.65. The van der Waals surface area contributed by atoms with Crippen molar-refractivity contribution in [3.63, 3.8) is 0 Å². The molecule has 0 atom stereocenters. The number of H-pyrrole nitrogens is 1. The van der Waals surface area contributed by atoms with E-state index in [2.05, 4.69) is 15.5 Å². The van der Waals surface area contributed by atoms with Crippen LogP contribution in [0.5, 0.6) is 0 Å². The maximum atomic E-state index is 12.0. The molecule has 8 nitrogen and oxygen atoms in total. The second kappa shape index (κ2) is 5.39. The summed E-state index contributed by atoms with van der Waals surface area (Å²) in [6, 6.07) is 4.16. The van der Waals surface area contributed by atoms with E-state index in [1.165, 1.54) is 18.3 Å². The molecule has 8 heteroatoms. The number of nitrogen functional groups attached to an aromatic ring is 1. The number of hydrogen-bond donors (Lipinski definition) is 3. The Balaban J connectivity index is 2.15. The number of aromatic nitrogens is 2. The van der Waals surface area contributed by atoms with Crippen molar-refractivity contribution in [2.75, 3.05) is 5.73 Å². The summed E-state index contributed by atoms with van der Waals surface area (Å²) in [5.41, 5.74) is 7.06. The molecule has 0 radical (unpaired) electrons. The lowest BCUT2D eigenvalue weighted by molar-refractivity contribution is -0.384. The van der Waals surface area contributed by atoms with E-state index in [1.807, 2.05) is 0 Å². The molecule has 0 aliphatic carbocycles. The average Bonchev–Trinajstić information content (AvgIpc) is 2.81. The molecule has 2 aromatic rings. The summed E-state index contributed by atoms with van der Waals surface area (Å²) < 4.78 is 0. The van der Waals surface area contributed by atoms with Gasteiger partial charge in [-0.05, 0) is 12.5 Å². The molecule has 0 saturated heterocycles. The lowest BCUT2D eigenvalue weighted by Crippen LogP contribution is -2.24. The van der Waals surface area contributed by atoms with Crippen molar-refractivity contribution in [1.82, 2.24) is 15.5 Å². The summed E-state index contributed by atoms with van der Waals surface area (Å²) >= 11 is 0. The lowest BCUT2D eigenvalue weighted by atomic mass is 10.1. The molecule has 104 valence electrons. The zero-order chi connectivity index (χ0) is 14.7. The topological polar surface area (TPSA) is 127 Å². The van der Waals surface area contributed by atoms with E-state index in [-0.39, 0.29) is 17.8 Å². The summed E-state index contributed by atoms with van der Waals surface area (Å²) in [4.78, 5) is 22.2. The van der Waals surface area contributed by atoms with E-state index in [1.54, 1.807) is 13.0 Å². The third kappa shape index (κ3) is 2.74. The highest BCUT2D eigenvalue weighted by molar-refractivity contribution is 5.96. The Hall–Kier alpha value is -2.90. The van der Waals surface area contributed by atoms with Crippen molar-refractivity contribution in [2.24, 2.45) is 0 Å². The van der Waals surface area contributed by atoms with Crippen LogP contribution in [-0.2, 0) is 6.54 Å². The first-order chi connectivity index (χ1) is 9.49. The molecule has 4 N–H and O–H groups in total. The maximum Gasteiger partial charge on any atom is 0.270 e. The van der Waals surface area contributed by atoms with Crippen LogP contribution in [0.3, 0.4) is 0 Å². The first kappa shape index (κ1) is 13.5. The minimum absolute atomic E-state index is 0.122. The van der Waals surface area contributed by atoms with Crippen LogP contribution in [0, 0.1) is 17.0 Å². The molecule has 0 spiro atoms. The predicted molar refractivity (Wildman–Crippen MR) is 72.0 cm³/mol. The number of rotatable bonds is 4. The molecule has 1 heterocycles. The molecular weight excluding hydrogens is 262 g/mol. The van der Waals surface area contributed by atoms with E-state index >= 15 is 0 Å². The summed E-state index contributed by atoms with van der Waals surface area (Å²) in [5, 5.41) is 19.7. The average molecular weight is 275 g/mol. The van der Waals surface area contributed by atoms with Crippen molar-refractivity contribution in [1.29, 1.82) is 0 Å². The first-order valence-corrected chi connectivity index (χ1v) is 5.80. The van der Waals surface area contributed by atoms with Crippen LogP contribution < -0.4 is 11.1 Å². The Morgan fingerprint density at radius 2 is 2.30 bits per heavy atom. The van der Waals surface area contributed by atoms with Gasteiger partial charge < -0.3 is 11.1 Å². The second-order valence-corrected chi connectivity index (χ2v) is 4.25. The smallest absolute Gasteiger partial charge is 0.270 e. The second-order valence-electron chi connectivity index (χ2n) is 4.25. The number of hydrogen-bond acceptors (Lipinski definition) is 5. The van der Waals surface area contributed by atoms with Crippen LogP contribution in [0.15, 0.2) is 24.4 Å². The highest BCUT2D eigenvalue weighted by Crippen LogP contribution is 2.17. The normalized spacial score (nSPS) is 10.2. The molecule has 1 aromatic carbocycles. The number of aromatic amines is 1. The van der Waals surface area contributed by atoms with Gasteiger partial charge in [0.05, 0.1) is 11.1 Å². The molecule has 1 aromatic heterocycles. The number of benzene rings is 1. The number of nitrogens with two attached hydrogens (primary N) is 1. The molecule has 20 heavy (non-hydrogen) atoms. The van der Waals surface area contributed by atoms with E-state index in [4.69, 9.17) is 5.73 Å². The molecule has 0 bridgehead atoms. The molecular formula is C12H13N5O3. The number of nitrogens with zero attached hydrogens (tertiary/aromatic N) is 2. The minimum Gasteiger partial charge on any atom is -0.384 e. The van der Waals surface area contributed by atoms with Gasteiger partial charge in [-0.25, -0.2) is 0 Å². The number of carbonyl (C=O) groups is 1. The van der Waals surface area contributed by atoms with Crippen LogP contribution >= 0.6 is 0 Å². The van der Waals surface area contributed by atoms with Crippen LogP contribution in [-0.4, -0.2) is 21.0 Å². The van der Waals surface area contributed by atoms with Crippen LogP contribution in [0.1, 0.15) is 21.5 Å². The highest BCUT2D eigenvalue weighted by Gasteiger charge is 2.14.